The van der Waals surface area contributed by atoms with E-state index in [4.69, 9.17) is 10.8 Å². The number of aromatic carboxylic acids is 1. The van der Waals surface area contributed by atoms with E-state index in [9.17, 15) is 4.79 Å². The monoisotopic (exact) mass is 242 g/mol. The Balaban J connectivity index is 2.33. The van der Waals surface area contributed by atoms with Crippen molar-refractivity contribution in [2.45, 2.75) is 6.92 Å². The van der Waals surface area contributed by atoms with Crippen molar-refractivity contribution in [3.8, 4) is 0 Å². The topological polar surface area (TPSA) is 75.3 Å². The molecule has 0 unspecified atom stereocenters. The van der Waals surface area contributed by atoms with Gasteiger partial charge in [0.1, 0.15) is 0 Å². The van der Waals surface area contributed by atoms with Crippen LogP contribution in [-0.4, -0.2) is 11.1 Å². The summed E-state index contributed by atoms with van der Waals surface area (Å²) in [6.45, 7) is 1.98. The summed E-state index contributed by atoms with van der Waals surface area (Å²) in [7, 11) is 0. The summed E-state index contributed by atoms with van der Waals surface area (Å²) >= 11 is 0. The molecule has 2 rings (SSSR count). The lowest BCUT2D eigenvalue weighted by molar-refractivity contribution is 0.0698. The maximum absolute atomic E-state index is 11.0. The summed E-state index contributed by atoms with van der Waals surface area (Å²) in [5.41, 5.74) is 8.71. The summed E-state index contributed by atoms with van der Waals surface area (Å²) in [5, 5.41) is 12.2. The molecule has 0 heterocycles. The van der Waals surface area contributed by atoms with Gasteiger partial charge in [-0.1, -0.05) is 18.2 Å². The van der Waals surface area contributed by atoms with E-state index in [0.29, 0.717) is 5.69 Å². The Labute approximate surface area is 105 Å². The van der Waals surface area contributed by atoms with Crippen molar-refractivity contribution < 1.29 is 9.90 Å². The van der Waals surface area contributed by atoms with Gasteiger partial charge in [0.05, 0.1) is 5.56 Å². The van der Waals surface area contributed by atoms with Gasteiger partial charge in [0.15, 0.2) is 0 Å². The van der Waals surface area contributed by atoms with Crippen LogP contribution in [0.3, 0.4) is 0 Å². The zero-order valence-corrected chi connectivity index (χ0v) is 9.97. The molecule has 0 saturated carbocycles. The molecule has 4 heteroatoms. The van der Waals surface area contributed by atoms with Gasteiger partial charge in [0.2, 0.25) is 0 Å². The van der Waals surface area contributed by atoms with E-state index in [-0.39, 0.29) is 11.3 Å². The maximum Gasteiger partial charge on any atom is 0.337 e. The highest BCUT2D eigenvalue weighted by molar-refractivity contribution is 5.95. The standard InChI is InChI=1S/C14H14N2O2/c1-9-4-2-3-5-13(9)16-10-6-7-12(15)11(8-10)14(17)18/h2-8,16H,15H2,1H3,(H,17,18). The van der Waals surface area contributed by atoms with E-state index in [2.05, 4.69) is 5.32 Å². The Bertz CT molecular complexity index is 594. The number of para-hydroxylation sites is 1. The van der Waals surface area contributed by atoms with Gasteiger partial charge in [0.25, 0.3) is 0 Å². The second-order valence-electron chi connectivity index (χ2n) is 4.05. The van der Waals surface area contributed by atoms with Crippen molar-refractivity contribution in [3.05, 3.63) is 53.6 Å². The number of anilines is 3. The number of nitrogens with two attached hydrogens (primary N) is 1. The third kappa shape index (κ3) is 2.43. The number of aryl methyl sites for hydroxylation is 1. The molecular weight excluding hydrogens is 228 g/mol. The van der Waals surface area contributed by atoms with Crippen LogP contribution in [-0.2, 0) is 0 Å². The van der Waals surface area contributed by atoms with Crippen molar-refractivity contribution in [1.82, 2.24) is 0 Å². The minimum Gasteiger partial charge on any atom is -0.478 e. The third-order valence-electron chi connectivity index (χ3n) is 2.71. The van der Waals surface area contributed by atoms with Crippen molar-refractivity contribution in [1.29, 1.82) is 0 Å². The molecule has 0 fully saturated rings. The van der Waals surface area contributed by atoms with Gasteiger partial charge in [-0.25, -0.2) is 4.79 Å². The molecule has 18 heavy (non-hydrogen) atoms. The average Bonchev–Trinajstić information content (AvgIpc) is 2.34. The van der Waals surface area contributed by atoms with Gasteiger partial charge in [-0.15, -0.1) is 0 Å². The van der Waals surface area contributed by atoms with Crippen molar-refractivity contribution in [2.75, 3.05) is 11.1 Å². The first-order valence-electron chi connectivity index (χ1n) is 5.53. The molecule has 0 amide bonds. The molecule has 0 aliphatic carbocycles. The lowest BCUT2D eigenvalue weighted by Crippen LogP contribution is -2.03. The predicted molar refractivity (Wildman–Crippen MR) is 72.3 cm³/mol. The quantitative estimate of drug-likeness (QED) is 0.723. The number of carbonyl (C=O) groups is 1. The van der Waals surface area contributed by atoms with Crippen LogP contribution >= 0.6 is 0 Å². The van der Waals surface area contributed by atoms with E-state index >= 15 is 0 Å². The van der Waals surface area contributed by atoms with Crippen LogP contribution < -0.4 is 11.1 Å². The van der Waals surface area contributed by atoms with Crippen molar-refractivity contribution in [2.24, 2.45) is 0 Å². The predicted octanol–water partition coefficient (Wildman–Crippen LogP) is 3.02. The Hall–Kier alpha value is -2.49. The molecule has 0 spiro atoms. The fraction of sp³-hybridized carbons (Fsp3) is 0.0714. The number of nitrogen functional groups attached to an aromatic ring is 1. The highest BCUT2D eigenvalue weighted by atomic mass is 16.4. The van der Waals surface area contributed by atoms with Gasteiger partial charge in [-0.05, 0) is 36.8 Å². The zero-order chi connectivity index (χ0) is 13.1. The normalized spacial score (nSPS) is 10.1. The minimum atomic E-state index is -1.03. The molecule has 0 atom stereocenters. The van der Waals surface area contributed by atoms with Crippen molar-refractivity contribution in [3.63, 3.8) is 0 Å². The maximum atomic E-state index is 11.0. The number of hydrogen-bond acceptors (Lipinski definition) is 3. The van der Waals surface area contributed by atoms with Gasteiger partial charge in [-0.3, -0.25) is 0 Å². The molecule has 2 aromatic carbocycles. The number of carboxylic acid groups (broad SMARTS) is 1. The first kappa shape index (κ1) is 12.0. The molecule has 4 N–H and O–H groups in total. The van der Waals surface area contributed by atoms with E-state index in [1.165, 1.54) is 6.07 Å². The van der Waals surface area contributed by atoms with Crippen LogP contribution in [0.2, 0.25) is 0 Å². The second kappa shape index (κ2) is 4.79. The molecule has 92 valence electrons. The SMILES string of the molecule is Cc1ccccc1Nc1ccc(N)c(C(=O)O)c1. The van der Waals surface area contributed by atoms with E-state index in [1.54, 1.807) is 12.1 Å². The number of rotatable bonds is 3. The van der Waals surface area contributed by atoms with E-state index in [1.807, 2.05) is 31.2 Å². The van der Waals surface area contributed by atoms with Gasteiger partial charge < -0.3 is 16.2 Å². The van der Waals surface area contributed by atoms with Crippen LogP contribution in [0.4, 0.5) is 17.1 Å². The lowest BCUT2D eigenvalue weighted by atomic mass is 10.1. The van der Waals surface area contributed by atoms with E-state index < -0.39 is 5.97 Å². The number of benzene rings is 2. The average molecular weight is 242 g/mol. The van der Waals surface area contributed by atoms with Crippen molar-refractivity contribution >= 4 is 23.0 Å². The summed E-state index contributed by atoms with van der Waals surface area (Å²) in [6.07, 6.45) is 0. The van der Waals surface area contributed by atoms with Gasteiger partial charge >= 0.3 is 5.97 Å². The molecule has 0 aliphatic heterocycles. The second-order valence-corrected chi connectivity index (χ2v) is 4.05. The highest BCUT2D eigenvalue weighted by Gasteiger charge is 2.08. The molecule has 0 saturated heterocycles. The van der Waals surface area contributed by atoms with Crippen LogP contribution in [0.1, 0.15) is 15.9 Å². The molecule has 2 aromatic rings. The number of hydrogen-bond donors (Lipinski definition) is 3. The Morgan fingerprint density at radius 2 is 1.94 bits per heavy atom. The fourth-order valence-electron chi connectivity index (χ4n) is 1.69. The van der Waals surface area contributed by atoms with Crippen LogP contribution in [0.15, 0.2) is 42.5 Å². The summed E-state index contributed by atoms with van der Waals surface area (Å²) in [5.74, 6) is -1.03. The fourth-order valence-corrected chi connectivity index (χ4v) is 1.69. The minimum absolute atomic E-state index is 0.105. The number of carboxylic acids is 1. The Morgan fingerprint density at radius 1 is 1.22 bits per heavy atom. The van der Waals surface area contributed by atoms with Gasteiger partial charge in [0, 0.05) is 17.1 Å². The molecular formula is C14H14N2O2. The summed E-state index contributed by atoms with van der Waals surface area (Å²) in [4.78, 5) is 11.0. The molecule has 0 aromatic heterocycles. The van der Waals surface area contributed by atoms with Crippen LogP contribution in [0, 0.1) is 6.92 Å². The smallest absolute Gasteiger partial charge is 0.337 e. The molecule has 0 aliphatic rings. The largest absolute Gasteiger partial charge is 0.478 e. The molecule has 0 bridgehead atoms. The first-order valence-corrected chi connectivity index (χ1v) is 5.53. The van der Waals surface area contributed by atoms with Crippen LogP contribution in [0.5, 0.6) is 0 Å². The molecule has 4 nitrogen and oxygen atoms in total. The zero-order valence-electron chi connectivity index (χ0n) is 9.97. The lowest BCUT2D eigenvalue weighted by Gasteiger charge is -2.10. The first-order chi connectivity index (χ1) is 8.58. The van der Waals surface area contributed by atoms with E-state index in [0.717, 1.165) is 11.3 Å². The number of nitrogens with one attached hydrogen (secondary N) is 1. The Kier molecular flexibility index (Phi) is 3.19. The highest BCUT2D eigenvalue weighted by Crippen LogP contribution is 2.23. The van der Waals surface area contributed by atoms with Gasteiger partial charge in [-0.2, -0.15) is 0 Å². The molecule has 0 radical (unpaired) electrons. The van der Waals surface area contributed by atoms with Crippen LogP contribution in [0.25, 0.3) is 0 Å². The third-order valence-corrected chi connectivity index (χ3v) is 2.71. The summed E-state index contributed by atoms with van der Waals surface area (Å²) < 4.78 is 0. The Morgan fingerprint density at radius 3 is 2.61 bits per heavy atom. The summed E-state index contributed by atoms with van der Waals surface area (Å²) in [6, 6.07) is 12.7.